The molecule has 1 aromatic carbocycles. The van der Waals surface area contributed by atoms with E-state index in [1.165, 1.54) is 5.56 Å². The number of hydrogen-bond acceptors (Lipinski definition) is 4. The van der Waals surface area contributed by atoms with Crippen LogP contribution in [0.3, 0.4) is 0 Å². The molecule has 1 aliphatic rings. The standard InChI is InChI=1S/C17H25NO4/c1-4-22-15-6-5-14(11-16(15)21-3)13-7-9-18(10-8-13)12(2)17(19)20/h5-6,11-13H,4,7-10H2,1-3H3,(H,19,20). The average molecular weight is 307 g/mol. The van der Waals surface area contributed by atoms with E-state index in [1.54, 1.807) is 14.0 Å². The second-order valence-electron chi connectivity index (χ2n) is 5.67. The Kier molecular flexibility index (Phi) is 5.66. The first-order valence-corrected chi connectivity index (χ1v) is 7.84. The molecule has 1 fully saturated rings. The first kappa shape index (κ1) is 16.6. The quantitative estimate of drug-likeness (QED) is 0.875. The van der Waals surface area contributed by atoms with Crippen LogP contribution in [-0.2, 0) is 4.79 Å². The number of methoxy groups -OCH3 is 1. The van der Waals surface area contributed by atoms with Crippen molar-refractivity contribution >= 4 is 5.97 Å². The number of hydrogen-bond donors (Lipinski definition) is 1. The molecular formula is C17H25NO4. The predicted molar refractivity (Wildman–Crippen MR) is 84.8 cm³/mol. The monoisotopic (exact) mass is 307 g/mol. The van der Waals surface area contributed by atoms with Crippen molar-refractivity contribution in [2.75, 3.05) is 26.8 Å². The number of nitrogens with zero attached hydrogens (tertiary/aromatic N) is 1. The molecule has 22 heavy (non-hydrogen) atoms. The number of rotatable bonds is 6. The summed E-state index contributed by atoms with van der Waals surface area (Å²) in [5, 5.41) is 9.09. The van der Waals surface area contributed by atoms with Crippen LogP contribution in [0.1, 0.15) is 38.2 Å². The Morgan fingerprint density at radius 3 is 2.59 bits per heavy atom. The summed E-state index contributed by atoms with van der Waals surface area (Å²) < 4.78 is 11.0. The number of piperidine rings is 1. The van der Waals surface area contributed by atoms with Gasteiger partial charge in [-0.1, -0.05) is 6.07 Å². The molecule has 1 heterocycles. The van der Waals surface area contributed by atoms with E-state index < -0.39 is 12.0 Å². The molecule has 1 N–H and O–H groups in total. The minimum atomic E-state index is -0.749. The van der Waals surface area contributed by atoms with Gasteiger partial charge in [-0.2, -0.15) is 0 Å². The van der Waals surface area contributed by atoms with E-state index in [2.05, 4.69) is 6.07 Å². The highest BCUT2D eigenvalue weighted by Gasteiger charge is 2.27. The van der Waals surface area contributed by atoms with Gasteiger partial charge in [0, 0.05) is 0 Å². The summed E-state index contributed by atoms with van der Waals surface area (Å²) in [6, 6.07) is 5.69. The van der Waals surface area contributed by atoms with Crippen LogP contribution in [0.2, 0.25) is 0 Å². The fraction of sp³-hybridized carbons (Fsp3) is 0.588. The summed E-state index contributed by atoms with van der Waals surface area (Å²) >= 11 is 0. The fourth-order valence-corrected chi connectivity index (χ4v) is 2.99. The van der Waals surface area contributed by atoms with Gasteiger partial charge in [0.2, 0.25) is 0 Å². The number of carboxylic acids is 1. The van der Waals surface area contributed by atoms with Gasteiger partial charge < -0.3 is 14.6 Å². The van der Waals surface area contributed by atoms with E-state index in [0.29, 0.717) is 12.5 Å². The highest BCUT2D eigenvalue weighted by Crippen LogP contribution is 2.35. The molecule has 0 spiro atoms. The van der Waals surface area contributed by atoms with Crippen molar-refractivity contribution in [1.82, 2.24) is 4.90 Å². The van der Waals surface area contributed by atoms with E-state index in [1.807, 2.05) is 24.0 Å². The van der Waals surface area contributed by atoms with Gasteiger partial charge in [0.15, 0.2) is 11.5 Å². The molecule has 2 rings (SSSR count). The number of carbonyl (C=O) groups is 1. The fourth-order valence-electron chi connectivity index (χ4n) is 2.99. The smallest absolute Gasteiger partial charge is 0.320 e. The maximum absolute atomic E-state index is 11.1. The number of benzene rings is 1. The van der Waals surface area contributed by atoms with Gasteiger partial charge in [-0.25, -0.2) is 0 Å². The molecule has 1 saturated heterocycles. The zero-order chi connectivity index (χ0) is 16.1. The lowest BCUT2D eigenvalue weighted by Crippen LogP contribution is -2.43. The third-order valence-electron chi connectivity index (χ3n) is 4.39. The van der Waals surface area contributed by atoms with Crippen LogP contribution in [0.15, 0.2) is 18.2 Å². The van der Waals surface area contributed by atoms with Crippen LogP contribution in [0.5, 0.6) is 11.5 Å². The molecule has 1 aromatic rings. The Morgan fingerprint density at radius 2 is 2.05 bits per heavy atom. The molecule has 0 radical (unpaired) electrons. The molecule has 5 nitrogen and oxygen atoms in total. The van der Waals surface area contributed by atoms with E-state index in [9.17, 15) is 4.79 Å². The van der Waals surface area contributed by atoms with Gasteiger partial charge in [0.05, 0.1) is 13.7 Å². The molecule has 1 atom stereocenters. The minimum Gasteiger partial charge on any atom is -0.493 e. The third kappa shape index (κ3) is 3.71. The summed E-state index contributed by atoms with van der Waals surface area (Å²) in [6.07, 6.45) is 1.93. The van der Waals surface area contributed by atoms with E-state index >= 15 is 0 Å². The number of ether oxygens (including phenoxy) is 2. The van der Waals surface area contributed by atoms with Crippen LogP contribution in [-0.4, -0.2) is 48.8 Å². The van der Waals surface area contributed by atoms with E-state index in [0.717, 1.165) is 37.4 Å². The zero-order valence-corrected chi connectivity index (χ0v) is 13.5. The van der Waals surface area contributed by atoms with E-state index in [-0.39, 0.29) is 0 Å². The molecule has 1 aliphatic heterocycles. The summed E-state index contributed by atoms with van der Waals surface area (Å²) in [5.41, 5.74) is 1.24. The maximum Gasteiger partial charge on any atom is 0.320 e. The van der Waals surface area contributed by atoms with Crippen molar-refractivity contribution in [3.63, 3.8) is 0 Å². The van der Waals surface area contributed by atoms with Crippen LogP contribution in [0.4, 0.5) is 0 Å². The molecular weight excluding hydrogens is 282 g/mol. The maximum atomic E-state index is 11.1. The van der Waals surface area contributed by atoms with Crippen LogP contribution in [0, 0.1) is 0 Å². The Bertz CT molecular complexity index is 509. The number of carboxylic acid groups (broad SMARTS) is 1. The normalized spacial score (nSPS) is 18.0. The summed E-state index contributed by atoms with van der Waals surface area (Å²) in [6.45, 7) is 5.94. The van der Waals surface area contributed by atoms with Crippen molar-refractivity contribution in [2.45, 2.75) is 38.6 Å². The Hall–Kier alpha value is -1.75. The molecule has 0 bridgehead atoms. The van der Waals surface area contributed by atoms with Gasteiger partial charge in [-0.15, -0.1) is 0 Å². The van der Waals surface area contributed by atoms with Gasteiger partial charge >= 0.3 is 5.97 Å². The van der Waals surface area contributed by atoms with Crippen molar-refractivity contribution in [3.05, 3.63) is 23.8 Å². The summed E-state index contributed by atoms with van der Waals surface area (Å²) in [4.78, 5) is 13.1. The predicted octanol–water partition coefficient (Wildman–Crippen LogP) is 2.75. The van der Waals surface area contributed by atoms with Crippen molar-refractivity contribution in [1.29, 1.82) is 0 Å². The SMILES string of the molecule is CCOc1ccc(C2CCN(C(C)C(=O)O)CC2)cc1OC. The lowest BCUT2D eigenvalue weighted by atomic mass is 9.88. The van der Waals surface area contributed by atoms with E-state index in [4.69, 9.17) is 14.6 Å². The zero-order valence-electron chi connectivity index (χ0n) is 13.5. The highest BCUT2D eigenvalue weighted by molar-refractivity contribution is 5.72. The van der Waals surface area contributed by atoms with Gasteiger partial charge in [-0.3, -0.25) is 9.69 Å². The molecule has 1 unspecified atom stereocenters. The molecule has 0 aromatic heterocycles. The second kappa shape index (κ2) is 7.49. The lowest BCUT2D eigenvalue weighted by molar-refractivity contribution is -0.143. The molecule has 0 aliphatic carbocycles. The second-order valence-corrected chi connectivity index (χ2v) is 5.67. The highest BCUT2D eigenvalue weighted by atomic mass is 16.5. The van der Waals surface area contributed by atoms with Crippen molar-refractivity contribution in [3.8, 4) is 11.5 Å². The Labute approximate surface area is 131 Å². The van der Waals surface area contributed by atoms with Crippen LogP contribution in [0.25, 0.3) is 0 Å². The first-order chi connectivity index (χ1) is 10.6. The molecule has 5 heteroatoms. The summed E-state index contributed by atoms with van der Waals surface area (Å²) in [5.74, 6) is 1.23. The molecule has 122 valence electrons. The topological polar surface area (TPSA) is 59.0 Å². The van der Waals surface area contributed by atoms with Gasteiger partial charge in [0.1, 0.15) is 6.04 Å². The van der Waals surface area contributed by atoms with Gasteiger partial charge in [-0.05, 0) is 63.4 Å². The Morgan fingerprint density at radius 1 is 1.36 bits per heavy atom. The largest absolute Gasteiger partial charge is 0.493 e. The molecule has 0 saturated carbocycles. The average Bonchev–Trinajstić information content (AvgIpc) is 2.55. The van der Waals surface area contributed by atoms with Crippen LogP contribution >= 0.6 is 0 Å². The Balaban J connectivity index is 2.03. The summed E-state index contributed by atoms with van der Waals surface area (Å²) in [7, 11) is 1.65. The third-order valence-corrected chi connectivity index (χ3v) is 4.39. The lowest BCUT2D eigenvalue weighted by Gasteiger charge is -2.34. The first-order valence-electron chi connectivity index (χ1n) is 7.84. The number of likely N-dealkylation sites (tertiary alicyclic amines) is 1. The van der Waals surface area contributed by atoms with Crippen molar-refractivity contribution in [2.24, 2.45) is 0 Å². The molecule has 0 amide bonds. The minimum absolute atomic E-state index is 0.407. The number of aliphatic carboxylic acids is 1. The van der Waals surface area contributed by atoms with Crippen molar-refractivity contribution < 1.29 is 19.4 Å². The van der Waals surface area contributed by atoms with Gasteiger partial charge in [0.25, 0.3) is 0 Å². The van der Waals surface area contributed by atoms with Crippen LogP contribution < -0.4 is 9.47 Å².